The molecular formula is C10H20BrNO2. The molecule has 0 heterocycles. The van der Waals surface area contributed by atoms with Crippen molar-refractivity contribution >= 4 is 21.8 Å². The van der Waals surface area contributed by atoms with Crippen molar-refractivity contribution in [2.24, 2.45) is 0 Å². The van der Waals surface area contributed by atoms with Gasteiger partial charge in [0.05, 0.1) is 4.32 Å². The number of nitrogens with one attached hydrogen (secondary N) is 1. The first-order valence-electron chi connectivity index (χ1n) is 4.94. The number of hydrogen-bond donors (Lipinski definition) is 1. The van der Waals surface area contributed by atoms with Gasteiger partial charge in [-0.3, -0.25) is 4.79 Å². The SMILES string of the molecule is COCCCCCNC(=O)C(C)(C)Br. The molecule has 0 aliphatic rings. The summed E-state index contributed by atoms with van der Waals surface area (Å²) in [6.45, 7) is 5.23. The van der Waals surface area contributed by atoms with Crippen LogP contribution in [0.4, 0.5) is 0 Å². The standard InChI is InChI=1S/C10H20BrNO2/c1-10(2,11)9(13)12-7-5-4-6-8-14-3/h4-8H2,1-3H3,(H,12,13). The van der Waals surface area contributed by atoms with Gasteiger partial charge >= 0.3 is 0 Å². The van der Waals surface area contributed by atoms with E-state index in [0.29, 0.717) is 0 Å². The lowest BCUT2D eigenvalue weighted by molar-refractivity contribution is -0.122. The fraction of sp³-hybridized carbons (Fsp3) is 0.900. The Morgan fingerprint density at radius 1 is 1.36 bits per heavy atom. The van der Waals surface area contributed by atoms with E-state index < -0.39 is 4.32 Å². The summed E-state index contributed by atoms with van der Waals surface area (Å²) in [6, 6.07) is 0. The van der Waals surface area contributed by atoms with E-state index in [-0.39, 0.29) is 5.91 Å². The molecule has 84 valence electrons. The second kappa shape index (κ2) is 7.23. The molecule has 3 nitrogen and oxygen atoms in total. The zero-order valence-electron chi connectivity index (χ0n) is 9.23. The fourth-order valence-corrected chi connectivity index (χ4v) is 1.10. The Balaban J connectivity index is 3.33. The fourth-order valence-electron chi connectivity index (χ4n) is 0.960. The molecule has 14 heavy (non-hydrogen) atoms. The molecule has 0 aliphatic heterocycles. The summed E-state index contributed by atoms with van der Waals surface area (Å²) in [5, 5.41) is 2.87. The van der Waals surface area contributed by atoms with E-state index in [9.17, 15) is 4.79 Å². The highest BCUT2D eigenvalue weighted by atomic mass is 79.9. The van der Waals surface area contributed by atoms with Gasteiger partial charge < -0.3 is 10.1 Å². The Hall–Kier alpha value is -0.0900. The summed E-state index contributed by atoms with van der Waals surface area (Å²) < 4.78 is 4.47. The highest BCUT2D eigenvalue weighted by Gasteiger charge is 2.22. The summed E-state index contributed by atoms with van der Waals surface area (Å²) in [4.78, 5) is 11.4. The van der Waals surface area contributed by atoms with Crippen molar-refractivity contribution in [2.45, 2.75) is 37.4 Å². The predicted octanol–water partition coefficient (Wildman–Crippen LogP) is 2.09. The van der Waals surface area contributed by atoms with Crippen molar-refractivity contribution in [1.82, 2.24) is 5.32 Å². The number of hydrogen-bond acceptors (Lipinski definition) is 2. The average Bonchev–Trinajstić information content (AvgIpc) is 2.09. The Bertz CT molecular complexity index is 166. The minimum Gasteiger partial charge on any atom is -0.385 e. The Morgan fingerprint density at radius 2 is 2.00 bits per heavy atom. The van der Waals surface area contributed by atoms with Crippen molar-refractivity contribution < 1.29 is 9.53 Å². The number of carbonyl (C=O) groups is 1. The zero-order valence-corrected chi connectivity index (χ0v) is 10.8. The van der Waals surface area contributed by atoms with E-state index in [0.717, 1.165) is 32.4 Å². The van der Waals surface area contributed by atoms with Gasteiger partial charge in [0, 0.05) is 20.3 Å². The maximum atomic E-state index is 11.4. The predicted molar refractivity (Wildman–Crippen MR) is 61.7 cm³/mol. The molecule has 0 fully saturated rings. The molecule has 0 aromatic heterocycles. The molecule has 0 unspecified atom stereocenters. The largest absolute Gasteiger partial charge is 0.385 e. The van der Waals surface area contributed by atoms with Crippen LogP contribution in [0.15, 0.2) is 0 Å². The lowest BCUT2D eigenvalue weighted by Crippen LogP contribution is -2.37. The van der Waals surface area contributed by atoms with Gasteiger partial charge in [0.15, 0.2) is 0 Å². The Morgan fingerprint density at radius 3 is 2.50 bits per heavy atom. The highest BCUT2D eigenvalue weighted by Crippen LogP contribution is 2.15. The molecule has 4 heteroatoms. The number of alkyl halides is 1. The third kappa shape index (κ3) is 7.33. The van der Waals surface area contributed by atoms with Crippen LogP contribution in [0.1, 0.15) is 33.1 Å². The molecule has 0 atom stereocenters. The van der Waals surface area contributed by atoms with Crippen molar-refractivity contribution in [3.63, 3.8) is 0 Å². The molecule has 0 aromatic carbocycles. The number of unbranched alkanes of at least 4 members (excludes halogenated alkanes) is 2. The number of ether oxygens (including phenoxy) is 1. The first-order valence-corrected chi connectivity index (χ1v) is 5.74. The lowest BCUT2D eigenvalue weighted by Gasteiger charge is -2.15. The van der Waals surface area contributed by atoms with Crippen LogP contribution in [0.5, 0.6) is 0 Å². The number of rotatable bonds is 7. The van der Waals surface area contributed by atoms with Crippen LogP contribution in [0.3, 0.4) is 0 Å². The molecule has 1 N–H and O–H groups in total. The molecule has 0 bridgehead atoms. The van der Waals surface area contributed by atoms with E-state index in [1.54, 1.807) is 7.11 Å². The second-order valence-electron chi connectivity index (χ2n) is 3.78. The molecule has 1 amide bonds. The Kier molecular flexibility index (Phi) is 7.19. The van der Waals surface area contributed by atoms with E-state index in [1.807, 2.05) is 13.8 Å². The van der Waals surface area contributed by atoms with Gasteiger partial charge in [0.2, 0.25) is 5.91 Å². The summed E-state index contributed by atoms with van der Waals surface area (Å²) in [6.07, 6.45) is 3.17. The van der Waals surface area contributed by atoms with Gasteiger partial charge in [-0.2, -0.15) is 0 Å². The second-order valence-corrected chi connectivity index (χ2v) is 5.76. The number of amides is 1. The molecule has 0 saturated carbocycles. The molecule has 0 radical (unpaired) electrons. The molecule has 0 rings (SSSR count). The van der Waals surface area contributed by atoms with Crippen molar-refractivity contribution in [3.05, 3.63) is 0 Å². The van der Waals surface area contributed by atoms with E-state index in [2.05, 4.69) is 21.2 Å². The van der Waals surface area contributed by atoms with Gasteiger partial charge in [-0.25, -0.2) is 0 Å². The molecule has 0 aromatic rings. The minimum absolute atomic E-state index is 0.0456. The number of halogens is 1. The van der Waals surface area contributed by atoms with Crippen LogP contribution in [0, 0.1) is 0 Å². The maximum Gasteiger partial charge on any atom is 0.236 e. The third-order valence-corrected chi connectivity index (χ3v) is 2.21. The first-order chi connectivity index (χ1) is 6.48. The normalized spacial score (nSPS) is 11.4. The maximum absolute atomic E-state index is 11.4. The van der Waals surface area contributed by atoms with E-state index >= 15 is 0 Å². The minimum atomic E-state index is -0.459. The topological polar surface area (TPSA) is 38.3 Å². The molecule has 0 spiro atoms. The van der Waals surface area contributed by atoms with Crippen LogP contribution >= 0.6 is 15.9 Å². The Labute approximate surface area is 94.7 Å². The first kappa shape index (κ1) is 13.9. The van der Waals surface area contributed by atoms with E-state index in [4.69, 9.17) is 4.74 Å². The van der Waals surface area contributed by atoms with Crippen LogP contribution in [-0.4, -0.2) is 30.5 Å². The molecule has 0 saturated heterocycles. The van der Waals surface area contributed by atoms with Gasteiger partial charge in [-0.15, -0.1) is 0 Å². The van der Waals surface area contributed by atoms with Gasteiger partial charge in [-0.1, -0.05) is 15.9 Å². The van der Waals surface area contributed by atoms with Gasteiger partial charge in [-0.05, 0) is 33.1 Å². The van der Waals surface area contributed by atoms with Gasteiger partial charge in [0.1, 0.15) is 0 Å². The van der Waals surface area contributed by atoms with Crippen molar-refractivity contribution in [1.29, 1.82) is 0 Å². The number of carbonyl (C=O) groups excluding carboxylic acids is 1. The summed E-state index contributed by atoms with van der Waals surface area (Å²) >= 11 is 3.31. The smallest absolute Gasteiger partial charge is 0.236 e. The average molecular weight is 266 g/mol. The number of methoxy groups -OCH3 is 1. The van der Waals surface area contributed by atoms with Crippen molar-refractivity contribution in [3.8, 4) is 0 Å². The third-order valence-electron chi connectivity index (χ3n) is 1.85. The van der Waals surface area contributed by atoms with Gasteiger partial charge in [0.25, 0.3) is 0 Å². The monoisotopic (exact) mass is 265 g/mol. The summed E-state index contributed by atoms with van der Waals surface area (Å²) in [7, 11) is 1.70. The highest BCUT2D eigenvalue weighted by molar-refractivity contribution is 9.10. The lowest BCUT2D eigenvalue weighted by atomic mass is 10.2. The summed E-state index contributed by atoms with van der Waals surface area (Å²) in [5.74, 6) is 0.0456. The van der Waals surface area contributed by atoms with E-state index in [1.165, 1.54) is 0 Å². The summed E-state index contributed by atoms with van der Waals surface area (Å²) in [5.41, 5.74) is 0. The van der Waals surface area contributed by atoms with Crippen LogP contribution in [-0.2, 0) is 9.53 Å². The van der Waals surface area contributed by atoms with Crippen LogP contribution < -0.4 is 5.32 Å². The quantitative estimate of drug-likeness (QED) is 0.566. The zero-order chi connectivity index (χ0) is 11.0. The van der Waals surface area contributed by atoms with Crippen molar-refractivity contribution in [2.75, 3.05) is 20.3 Å². The van der Waals surface area contributed by atoms with Crippen LogP contribution in [0.25, 0.3) is 0 Å². The van der Waals surface area contributed by atoms with Crippen LogP contribution in [0.2, 0.25) is 0 Å². The molecule has 0 aliphatic carbocycles. The molecular weight excluding hydrogens is 246 g/mol.